The highest BCUT2D eigenvalue weighted by Gasteiger charge is 2.29. The first-order chi connectivity index (χ1) is 8.58. The predicted molar refractivity (Wildman–Crippen MR) is 62.5 cm³/mol. The molecule has 1 aliphatic rings. The van der Waals surface area contributed by atoms with Crippen LogP contribution in [0.4, 0.5) is 0 Å². The number of amides is 1. The number of aromatic nitrogens is 1. The normalized spacial score (nSPS) is 19.6. The van der Waals surface area contributed by atoms with E-state index in [9.17, 15) is 9.59 Å². The smallest absolute Gasteiger partial charge is 0.334 e. The SMILES string of the molecule is O=C(O)C1CN(C(=O)c2ccnc(Cl)c2)CCO1. The van der Waals surface area contributed by atoms with Crippen LogP contribution in [-0.2, 0) is 9.53 Å². The van der Waals surface area contributed by atoms with Gasteiger partial charge >= 0.3 is 5.97 Å². The van der Waals surface area contributed by atoms with Crippen LogP contribution in [-0.4, -0.2) is 52.7 Å². The zero-order valence-corrected chi connectivity index (χ0v) is 10.1. The number of hydrogen-bond donors (Lipinski definition) is 1. The van der Waals surface area contributed by atoms with Crippen molar-refractivity contribution < 1.29 is 19.4 Å². The Morgan fingerprint density at radius 2 is 2.33 bits per heavy atom. The number of aliphatic carboxylic acids is 1. The number of nitrogens with zero attached hydrogens (tertiary/aromatic N) is 2. The summed E-state index contributed by atoms with van der Waals surface area (Å²) in [6.45, 7) is 0.609. The predicted octanol–water partition coefficient (Wildman–Crippen LogP) is 0.661. The molecule has 0 aromatic carbocycles. The summed E-state index contributed by atoms with van der Waals surface area (Å²) in [5.74, 6) is -1.34. The molecule has 1 amide bonds. The zero-order chi connectivity index (χ0) is 13.1. The van der Waals surface area contributed by atoms with E-state index >= 15 is 0 Å². The van der Waals surface area contributed by atoms with Gasteiger partial charge in [0.15, 0.2) is 6.10 Å². The summed E-state index contributed by atoms with van der Waals surface area (Å²) in [7, 11) is 0. The van der Waals surface area contributed by atoms with Crippen LogP contribution < -0.4 is 0 Å². The van der Waals surface area contributed by atoms with Crippen LogP contribution >= 0.6 is 11.6 Å². The molecule has 0 bridgehead atoms. The minimum Gasteiger partial charge on any atom is -0.479 e. The molecule has 18 heavy (non-hydrogen) atoms. The molecular formula is C11H11ClN2O4. The van der Waals surface area contributed by atoms with Crippen molar-refractivity contribution in [2.75, 3.05) is 19.7 Å². The standard InChI is InChI=1S/C11H11ClN2O4/c12-9-5-7(1-2-13-9)10(15)14-3-4-18-8(6-14)11(16)17/h1-2,5,8H,3-4,6H2,(H,16,17). The third-order valence-corrected chi connectivity index (χ3v) is 2.81. The Hall–Kier alpha value is -1.66. The number of carboxylic acids is 1. The first-order valence-corrected chi connectivity index (χ1v) is 5.71. The summed E-state index contributed by atoms with van der Waals surface area (Å²) >= 11 is 5.71. The van der Waals surface area contributed by atoms with Gasteiger partial charge < -0.3 is 14.7 Å². The lowest BCUT2D eigenvalue weighted by Crippen LogP contribution is -2.48. The highest BCUT2D eigenvalue weighted by atomic mass is 35.5. The molecule has 1 N–H and O–H groups in total. The van der Waals surface area contributed by atoms with E-state index in [4.69, 9.17) is 21.4 Å². The largest absolute Gasteiger partial charge is 0.479 e. The Morgan fingerprint density at radius 1 is 1.56 bits per heavy atom. The number of ether oxygens (including phenoxy) is 1. The number of hydrogen-bond acceptors (Lipinski definition) is 4. The van der Waals surface area contributed by atoms with Crippen molar-refractivity contribution in [3.8, 4) is 0 Å². The first kappa shape index (κ1) is 12.8. The molecule has 6 nitrogen and oxygen atoms in total. The number of morpholine rings is 1. The highest BCUT2D eigenvalue weighted by Crippen LogP contribution is 2.13. The van der Waals surface area contributed by atoms with E-state index in [2.05, 4.69) is 4.98 Å². The fourth-order valence-corrected chi connectivity index (χ4v) is 1.88. The molecular weight excluding hydrogens is 260 g/mol. The number of pyridine rings is 1. The number of carboxylic acid groups (broad SMARTS) is 1. The number of carbonyl (C=O) groups excluding carboxylic acids is 1. The summed E-state index contributed by atoms with van der Waals surface area (Å²) in [4.78, 5) is 28.2. The second-order valence-corrected chi connectivity index (χ2v) is 4.20. The lowest BCUT2D eigenvalue weighted by atomic mass is 10.2. The maximum absolute atomic E-state index is 12.1. The Balaban J connectivity index is 2.11. The lowest BCUT2D eigenvalue weighted by molar-refractivity contribution is -0.154. The molecule has 1 saturated heterocycles. The van der Waals surface area contributed by atoms with Gasteiger partial charge in [0.05, 0.1) is 13.2 Å². The molecule has 1 aromatic heterocycles. The highest BCUT2D eigenvalue weighted by molar-refractivity contribution is 6.29. The third kappa shape index (κ3) is 2.77. The number of halogens is 1. The topological polar surface area (TPSA) is 79.7 Å². The summed E-state index contributed by atoms with van der Waals surface area (Å²) in [6, 6.07) is 2.99. The van der Waals surface area contributed by atoms with Crippen LogP contribution in [0.2, 0.25) is 5.15 Å². The molecule has 7 heteroatoms. The lowest BCUT2D eigenvalue weighted by Gasteiger charge is -2.30. The van der Waals surface area contributed by atoms with Gasteiger partial charge in [-0.1, -0.05) is 11.6 Å². The van der Waals surface area contributed by atoms with Gasteiger partial charge in [-0.3, -0.25) is 4.79 Å². The van der Waals surface area contributed by atoms with Crippen molar-refractivity contribution in [2.24, 2.45) is 0 Å². The van der Waals surface area contributed by atoms with Gasteiger partial charge in [-0.05, 0) is 12.1 Å². The van der Waals surface area contributed by atoms with Crippen LogP contribution in [0.25, 0.3) is 0 Å². The summed E-state index contributed by atoms with van der Waals surface area (Å²) < 4.78 is 5.05. The van der Waals surface area contributed by atoms with E-state index in [0.717, 1.165) is 0 Å². The van der Waals surface area contributed by atoms with E-state index in [-0.39, 0.29) is 24.2 Å². The molecule has 2 rings (SSSR count). The molecule has 1 aliphatic heterocycles. The van der Waals surface area contributed by atoms with Crippen LogP contribution in [0, 0.1) is 0 Å². The van der Waals surface area contributed by atoms with Crippen molar-refractivity contribution in [1.29, 1.82) is 0 Å². The van der Waals surface area contributed by atoms with E-state index in [1.807, 2.05) is 0 Å². The van der Waals surface area contributed by atoms with Gasteiger partial charge in [0.25, 0.3) is 5.91 Å². The minimum absolute atomic E-state index is 0.0358. The monoisotopic (exact) mass is 270 g/mol. The Morgan fingerprint density at radius 3 is 3.00 bits per heavy atom. The summed E-state index contributed by atoms with van der Waals surface area (Å²) in [5.41, 5.74) is 0.390. The molecule has 2 heterocycles. The van der Waals surface area contributed by atoms with E-state index < -0.39 is 12.1 Å². The van der Waals surface area contributed by atoms with E-state index in [1.165, 1.54) is 17.2 Å². The molecule has 0 aliphatic carbocycles. The van der Waals surface area contributed by atoms with Crippen LogP contribution in [0.1, 0.15) is 10.4 Å². The zero-order valence-electron chi connectivity index (χ0n) is 9.38. The van der Waals surface area contributed by atoms with Crippen LogP contribution in [0.15, 0.2) is 18.3 Å². The quantitative estimate of drug-likeness (QED) is 0.799. The number of carbonyl (C=O) groups is 2. The van der Waals surface area contributed by atoms with Gasteiger partial charge in [-0.25, -0.2) is 9.78 Å². The first-order valence-electron chi connectivity index (χ1n) is 5.33. The number of rotatable bonds is 2. The molecule has 1 unspecified atom stereocenters. The van der Waals surface area contributed by atoms with Crippen molar-refractivity contribution in [3.05, 3.63) is 29.0 Å². The Bertz CT molecular complexity index is 480. The van der Waals surface area contributed by atoms with Gasteiger partial charge in [0.2, 0.25) is 0 Å². The van der Waals surface area contributed by atoms with Gasteiger partial charge in [0, 0.05) is 18.3 Å². The molecule has 0 saturated carbocycles. The van der Waals surface area contributed by atoms with Crippen molar-refractivity contribution in [2.45, 2.75) is 6.10 Å². The van der Waals surface area contributed by atoms with Crippen molar-refractivity contribution in [3.63, 3.8) is 0 Å². The Kier molecular flexibility index (Phi) is 3.78. The van der Waals surface area contributed by atoms with Crippen LogP contribution in [0.5, 0.6) is 0 Å². The summed E-state index contributed by atoms with van der Waals surface area (Å²) in [5, 5.41) is 9.08. The molecule has 96 valence electrons. The van der Waals surface area contributed by atoms with Crippen molar-refractivity contribution in [1.82, 2.24) is 9.88 Å². The molecule has 0 radical (unpaired) electrons. The third-order valence-electron chi connectivity index (χ3n) is 2.60. The summed E-state index contributed by atoms with van der Waals surface area (Å²) in [6.07, 6.45) is 0.463. The van der Waals surface area contributed by atoms with Crippen LogP contribution in [0.3, 0.4) is 0 Å². The fraction of sp³-hybridized carbons (Fsp3) is 0.364. The van der Waals surface area contributed by atoms with Gasteiger partial charge in [0.1, 0.15) is 5.15 Å². The molecule has 1 fully saturated rings. The molecule has 0 spiro atoms. The average molecular weight is 271 g/mol. The van der Waals surface area contributed by atoms with Gasteiger partial charge in [-0.15, -0.1) is 0 Å². The molecule has 1 aromatic rings. The fourth-order valence-electron chi connectivity index (χ4n) is 1.70. The van der Waals surface area contributed by atoms with E-state index in [0.29, 0.717) is 12.1 Å². The average Bonchev–Trinajstić information content (AvgIpc) is 2.38. The molecule has 1 atom stereocenters. The second-order valence-electron chi connectivity index (χ2n) is 3.82. The minimum atomic E-state index is -1.07. The van der Waals surface area contributed by atoms with Gasteiger partial charge in [-0.2, -0.15) is 0 Å². The van der Waals surface area contributed by atoms with E-state index in [1.54, 1.807) is 6.07 Å². The maximum atomic E-state index is 12.1. The van der Waals surface area contributed by atoms with Crippen molar-refractivity contribution >= 4 is 23.5 Å². The maximum Gasteiger partial charge on any atom is 0.334 e. The Labute approximate surface area is 108 Å². The second kappa shape index (κ2) is 5.32.